The van der Waals surface area contributed by atoms with Gasteiger partial charge in [-0.2, -0.15) is 0 Å². The fourth-order valence-electron chi connectivity index (χ4n) is 13.3. The Hall–Kier alpha value is -10.9. The van der Waals surface area contributed by atoms with Crippen molar-refractivity contribution in [2.24, 2.45) is 0 Å². The average Bonchev–Trinajstić information content (AvgIpc) is 3.04. The van der Waals surface area contributed by atoms with E-state index in [2.05, 4.69) is 315 Å². The zero-order chi connectivity index (χ0) is 54.8. The van der Waals surface area contributed by atoms with Gasteiger partial charge < -0.3 is 4.42 Å². The Balaban J connectivity index is 0.000000137. The second-order valence-corrected chi connectivity index (χ2v) is 21.8. The first-order valence-corrected chi connectivity index (χ1v) is 28.6. The van der Waals surface area contributed by atoms with Crippen LogP contribution in [0.1, 0.15) is 0 Å². The first kappa shape index (κ1) is 48.1. The molecule has 0 aliphatic rings. The average molecular weight is 1050 g/mol. The molecule has 0 aliphatic carbocycles. The van der Waals surface area contributed by atoms with Crippen LogP contribution in [0.15, 0.2) is 320 Å². The Morgan fingerprint density at radius 2 is 0.554 bits per heavy atom. The summed E-state index contributed by atoms with van der Waals surface area (Å²) in [4.78, 5) is 0. The molecule has 0 fully saturated rings. The third-order valence-corrected chi connectivity index (χ3v) is 17.0. The molecule has 17 aromatic rings. The van der Waals surface area contributed by atoms with Crippen molar-refractivity contribution in [2.75, 3.05) is 0 Å². The van der Waals surface area contributed by atoms with Gasteiger partial charge >= 0.3 is 0 Å². The first-order valence-electron chi connectivity index (χ1n) is 28.6. The Kier molecular flexibility index (Phi) is 11.6. The summed E-state index contributed by atoms with van der Waals surface area (Å²) in [5.41, 5.74) is 16.8. The molecule has 0 spiro atoms. The van der Waals surface area contributed by atoms with Gasteiger partial charge in [-0.25, -0.2) is 0 Å². The Morgan fingerprint density at radius 3 is 1.14 bits per heavy atom. The van der Waals surface area contributed by atoms with Crippen molar-refractivity contribution in [3.8, 4) is 66.8 Å². The highest BCUT2D eigenvalue weighted by atomic mass is 16.3. The van der Waals surface area contributed by atoms with Crippen molar-refractivity contribution in [1.82, 2.24) is 0 Å². The van der Waals surface area contributed by atoms with Crippen LogP contribution in [0.4, 0.5) is 0 Å². The maximum absolute atomic E-state index is 6.50. The normalized spacial score (nSPS) is 11.6. The van der Waals surface area contributed by atoms with Crippen molar-refractivity contribution < 1.29 is 4.42 Å². The van der Waals surface area contributed by atoms with E-state index in [1.54, 1.807) is 0 Å². The predicted octanol–water partition coefficient (Wildman–Crippen LogP) is 23.3. The highest BCUT2D eigenvalue weighted by molar-refractivity contribution is 6.27. The molecule has 1 heteroatoms. The second kappa shape index (κ2) is 20.0. The zero-order valence-corrected chi connectivity index (χ0v) is 45.4. The van der Waals surface area contributed by atoms with Crippen molar-refractivity contribution in [1.29, 1.82) is 0 Å². The molecule has 0 atom stereocenters. The molecule has 16 aromatic carbocycles. The van der Waals surface area contributed by atoms with Crippen LogP contribution in [0.25, 0.3) is 164 Å². The first-order chi connectivity index (χ1) is 41.2. The molecular weight excluding hydrogens is 1000 g/mol. The Labute approximate surface area is 481 Å². The van der Waals surface area contributed by atoms with E-state index in [1.807, 2.05) is 0 Å². The zero-order valence-electron chi connectivity index (χ0n) is 45.4. The number of furan rings is 1. The summed E-state index contributed by atoms with van der Waals surface area (Å²) in [6, 6.07) is 114. The van der Waals surface area contributed by atoms with Gasteiger partial charge in [-0.05, 0) is 179 Å². The van der Waals surface area contributed by atoms with E-state index < -0.39 is 0 Å². The van der Waals surface area contributed by atoms with Gasteiger partial charge in [0.1, 0.15) is 11.2 Å². The molecule has 1 heterocycles. The molecule has 0 saturated carbocycles. The highest BCUT2D eigenvalue weighted by Crippen LogP contribution is 2.49. The smallest absolute Gasteiger partial charge is 0.136 e. The third-order valence-electron chi connectivity index (χ3n) is 17.0. The maximum Gasteiger partial charge on any atom is 0.136 e. The van der Waals surface area contributed by atoms with Crippen molar-refractivity contribution in [3.63, 3.8) is 0 Å². The van der Waals surface area contributed by atoms with Gasteiger partial charge in [0.25, 0.3) is 0 Å². The molecule has 0 saturated heterocycles. The van der Waals surface area contributed by atoms with E-state index in [4.69, 9.17) is 4.42 Å². The van der Waals surface area contributed by atoms with E-state index in [0.29, 0.717) is 0 Å². The molecule has 0 unspecified atom stereocenters. The van der Waals surface area contributed by atoms with Crippen LogP contribution >= 0.6 is 0 Å². The van der Waals surface area contributed by atoms with Gasteiger partial charge in [-0.1, -0.05) is 279 Å². The summed E-state index contributed by atoms with van der Waals surface area (Å²) < 4.78 is 6.50. The van der Waals surface area contributed by atoms with E-state index in [1.165, 1.54) is 142 Å². The molecule has 1 aromatic heterocycles. The Bertz CT molecular complexity index is 5270. The van der Waals surface area contributed by atoms with Crippen molar-refractivity contribution in [3.05, 3.63) is 315 Å². The number of rotatable bonds is 6. The minimum Gasteiger partial charge on any atom is -0.456 e. The van der Waals surface area contributed by atoms with Crippen LogP contribution in [0.5, 0.6) is 0 Å². The minimum absolute atomic E-state index is 0.913. The van der Waals surface area contributed by atoms with Crippen LogP contribution in [0, 0.1) is 0 Å². The number of hydrogen-bond acceptors (Lipinski definition) is 1. The largest absolute Gasteiger partial charge is 0.456 e. The van der Waals surface area contributed by atoms with Crippen LogP contribution in [0.2, 0.25) is 0 Å². The summed E-state index contributed by atoms with van der Waals surface area (Å²) >= 11 is 0. The summed E-state index contributed by atoms with van der Waals surface area (Å²) in [5, 5.41) is 19.9. The topological polar surface area (TPSA) is 13.1 Å². The number of fused-ring (bicyclic) bond motifs is 10. The molecule has 1 nitrogen and oxygen atoms in total. The standard InChI is InChI=1S/C42H26O.C40H26/c1-2-12-27(13-3-1)28-16-10-17-31(24-28)40-32-18-6-8-20-34(32)41(35-21-9-7-19-33(35)40)36-22-11-23-38-42(36)37-25-29-14-4-5-15-30(29)26-39(37)43-38;1-2-13-29-25-32(24-23-27(29)11-1)40-37-20-7-5-18-35(37)39(36-19-6-8-21-38(36)40)31-16-9-15-30(26-31)34-22-10-14-28-12-3-4-17-33(28)34/h1-26H;1-26H. The molecule has 83 heavy (non-hydrogen) atoms. The maximum atomic E-state index is 6.50. The van der Waals surface area contributed by atoms with E-state index in [-0.39, 0.29) is 0 Å². The minimum atomic E-state index is 0.913. The van der Waals surface area contributed by atoms with E-state index in [0.717, 1.165) is 21.9 Å². The van der Waals surface area contributed by atoms with Crippen LogP contribution in [0.3, 0.4) is 0 Å². The molecule has 386 valence electrons. The lowest BCUT2D eigenvalue weighted by molar-refractivity contribution is 0.669. The van der Waals surface area contributed by atoms with Crippen LogP contribution in [-0.2, 0) is 0 Å². The predicted molar refractivity (Wildman–Crippen MR) is 355 cm³/mol. The second-order valence-electron chi connectivity index (χ2n) is 21.8. The summed E-state index contributed by atoms with van der Waals surface area (Å²) in [5.74, 6) is 0. The molecule has 17 rings (SSSR count). The van der Waals surface area contributed by atoms with Gasteiger partial charge in [0, 0.05) is 10.8 Å². The molecular formula is C82H52O. The highest BCUT2D eigenvalue weighted by Gasteiger charge is 2.22. The lowest BCUT2D eigenvalue weighted by Gasteiger charge is -2.18. The molecule has 0 N–H and O–H groups in total. The summed E-state index contributed by atoms with van der Waals surface area (Å²) in [7, 11) is 0. The third kappa shape index (κ3) is 8.24. The summed E-state index contributed by atoms with van der Waals surface area (Å²) in [6.45, 7) is 0. The van der Waals surface area contributed by atoms with Crippen LogP contribution < -0.4 is 0 Å². The van der Waals surface area contributed by atoms with Gasteiger partial charge in [-0.3, -0.25) is 0 Å². The number of hydrogen-bond donors (Lipinski definition) is 0. The molecule has 0 bridgehead atoms. The lowest BCUT2D eigenvalue weighted by Crippen LogP contribution is -1.91. The van der Waals surface area contributed by atoms with Gasteiger partial charge in [0.15, 0.2) is 0 Å². The summed E-state index contributed by atoms with van der Waals surface area (Å²) in [6.07, 6.45) is 0. The fourth-order valence-corrected chi connectivity index (χ4v) is 13.3. The van der Waals surface area contributed by atoms with Crippen molar-refractivity contribution >= 4 is 97.3 Å². The van der Waals surface area contributed by atoms with Gasteiger partial charge in [0.2, 0.25) is 0 Å². The van der Waals surface area contributed by atoms with Crippen molar-refractivity contribution in [2.45, 2.75) is 0 Å². The van der Waals surface area contributed by atoms with Crippen LogP contribution in [-0.4, -0.2) is 0 Å². The Morgan fingerprint density at radius 1 is 0.169 bits per heavy atom. The number of benzene rings is 16. The monoisotopic (exact) mass is 1050 g/mol. The molecule has 0 amide bonds. The quantitative estimate of drug-likeness (QED) is 0.151. The van der Waals surface area contributed by atoms with E-state index in [9.17, 15) is 0 Å². The SMILES string of the molecule is c1cc(-c2cccc3ccccc23)cc(-c2c3ccccc3c(-c3ccc4ccccc4c3)c3ccccc23)c1.c1ccc(-c2cccc(-c3c4ccccc4c(-c4cccc5oc6cc7ccccc7cc6c45)c4ccccc34)c2)cc1. The van der Waals surface area contributed by atoms with E-state index >= 15 is 0 Å². The molecule has 0 aliphatic heterocycles. The lowest BCUT2D eigenvalue weighted by atomic mass is 9.84. The fraction of sp³-hybridized carbons (Fsp3) is 0. The van der Waals surface area contributed by atoms with Gasteiger partial charge in [-0.15, -0.1) is 0 Å². The van der Waals surface area contributed by atoms with Gasteiger partial charge in [0.05, 0.1) is 0 Å². The molecule has 0 radical (unpaired) electrons.